The Bertz CT molecular complexity index is 723. The molecule has 6 nitrogen and oxygen atoms in total. The summed E-state index contributed by atoms with van der Waals surface area (Å²) in [5.74, 6) is -0.00378. The van der Waals surface area contributed by atoms with Gasteiger partial charge in [0.25, 0.3) is 0 Å². The number of carbonyl (C=O) groups is 1. The third kappa shape index (κ3) is 3.56. The van der Waals surface area contributed by atoms with Crippen LogP contribution in [0.3, 0.4) is 0 Å². The van der Waals surface area contributed by atoms with E-state index in [-0.39, 0.29) is 5.91 Å². The van der Waals surface area contributed by atoms with Crippen LogP contribution in [0.5, 0.6) is 0 Å². The van der Waals surface area contributed by atoms with Gasteiger partial charge >= 0.3 is 0 Å². The summed E-state index contributed by atoms with van der Waals surface area (Å²) >= 11 is 7.26. The van der Waals surface area contributed by atoms with Crippen LogP contribution in [0, 0.1) is 0 Å². The van der Waals surface area contributed by atoms with Gasteiger partial charge in [-0.15, -0.1) is 10.2 Å². The Morgan fingerprint density at radius 1 is 1.33 bits per heavy atom. The highest BCUT2D eigenvalue weighted by Crippen LogP contribution is 2.13. The number of hydrogen-bond acceptors (Lipinski definition) is 5. The second-order valence-corrected chi connectivity index (χ2v) is 5.93. The van der Waals surface area contributed by atoms with E-state index in [0.717, 1.165) is 15.5 Å². The average Bonchev–Trinajstić information content (AvgIpc) is 3.05. The topological polar surface area (TPSA) is 72.2 Å². The Labute approximate surface area is 129 Å². The van der Waals surface area contributed by atoms with E-state index in [1.807, 2.05) is 24.3 Å². The fourth-order valence-corrected chi connectivity index (χ4v) is 2.75. The molecule has 3 rings (SSSR count). The minimum absolute atomic E-state index is 0.00378. The number of benzene rings is 1. The fraction of sp³-hybridized carbons (Fsp3) is 0.231. The third-order valence-corrected chi connectivity index (χ3v) is 4.12. The van der Waals surface area contributed by atoms with E-state index in [1.165, 1.54) is 11.3 Å². The van der Waals surface area contributed by atoms with E-state index in [9.17, 15) is 4.79 Å². The van der Waals surface area contributed by atoms with E-state index >= 15 is 0 Å². The van der Waals surface area contributed by atoms with Crippen molar-refractivity contribution in [3.05, 3.63) is 46.2 Å². The van der Waals surface area contributed by atoms with Gasteiger partial charge in [0.15, 0.2) is 0 Å². The maximum absolute atomic E-state index is 11.8. The molecule has 0 atom stereocenters. The average molecular weight is 322 g/mol. The quantitative estimate of drug-likeness (QED) is 0.781. The maximum Gasteiger partial charge on any atom is 0.234 e. The summed E-state index contributed by atoms with van der Waals surface area (Å²) in [6, 6.07) is 7.40. The number of hydrogen-bond donors (Lipinski definition) is 1. The van der Waals surface area contributed by atoms with Crippen molar-refractivity contribution in [1.29, 1.82) is 0 Å². The van der Waals surface area contributed by atoms with Gasteiger partial charge in [0.2, 0.25) is 10.9 Å². The SMILES string of the molecule is O=C(CCc1nn2cnnc2s1)NCc1ccc(Cl)cc1. The van der Waals surface area contributed by atoms with Crippen LogP contribution in [0.25, 0.3) is 4.96 Å². The lowest BCUT2D eigenvalue weighted by Crippen LogP contribution is -2.22. The van der Waals surface area contributed by atoms with Gasteiger partial charge in [-0.3, -0.25) is 4.79 Å². The molecule has 1 N–H and O–H groups in total. The van der Waals surface area contributed by atoms with Gasteiger partial charge in [0.05, 0.1) is 0 Å². The van der Waals surface area contributed by atoms with Crippen molar-refractivity contribution >= 4 is 33.8 Å². The lowest BCUT2D eigenvalue weighted by atomic mass is 10.2. The summed E-state index contributed by atoms with van der Waals surface area (Å²) in [5.41, 5.74) is 1.02. The monoisotopic (exact) mass is 321 g/mol. The van der Waals surface area contributed by atoms with E-state index < -0.39 is 0 Å². The first-order valence-corrected chi connectivity index (χ1v) is 7.57. The van der Waals surface area contributed by atoms with Crippen LogP contribution in [0.2, 0.25) is 5.02 Å². The molecule has 2 aromatic heterocycles. The number of nitrogens with one attached hydrogen (secondary N) is 1. The van der Waals surface area contributed by atoms with Gasteiger partial charge < -0.3 is 5.32 Å². The van der Waals surface area contributed by atoms with Gasteiger partial charge in [-0.25, -0.2) is 0 Å². The molecule has 1 amide bonds. The van der Waals surface area contributed by atoms with Gasteiger partial charge in [-0.2, -0.15) is 9.61 Å². The van der Waals surface area contributed by atoms with Gasteiger partial charge in [0, 0.05) is 24.4 Å². The van der Waals surface area contributed by atoms with Crippen LogP contribution in [-0.2, 0) is 17.8 Å². The van der Waals surface area contributed by atoms with Gasteiger partial charge in [-0.05, 0) is 17.7 Å². The van der Waals surface area contributed by atoms with Crippen molar-refractivity contribution in [3.8, 4) is 0 Å². The molecular weight excluding hydrogens is 310 g/mol. The molecule has 108 valence electrons. The lowest BCUT2D eigenvalue weighted by Gasteiger charge is -2.04. The second-order valence-electron chi connectivity index (χ2n) is 4.46. The van der Waals surface area contributed by atoms with Crippen molar-refractivity contribution < 1.29 is 4.79 Å². The summed E-state index contributed by atoms with van der Waals surface area (Å²) in [7, 11) is 0. The van der Waals surface area contributed by atoms with Crippen LogP contribution in [0.4, 0.5) is 0 Å². The molecule has 0 radical (unpaired) electrons. The fourth-order valence-electron chi connectivity index (χ4n) is 1.81. The van der Waals surface area contributed by atoms with Crippen LogP contribution in [0.1, 0.15) is 17.0 Å². The third-order valence-electron chi connectivity index (χ3n) is 2.90. The summed E-state index contributed by atoms with van der Waals surface area (Å²) in [5, 5.41) is 16.4. The van der Waals surface area contributed by atoms with Crippen LogP contribution in [0.15, 0.2) is 30.6 Å². The molecule has 3 aromatic rings. The molecular formula is C13H12ClN5OS. The minimum Gasteiger partial charge on any atom is -0.352 e. The Balaban J connectivity index is 1.48. The highest BCUT2D eigenvalue weighted by atomic mass is 35.5. The first-order valence-electron chi connectivity index (χ1n) is 6.37. The van der Waals surface area contributed by atoms with Crippen LogP contribution >= 0.6 is 22.9 Å². The van der Waals surface area contributed by atoms with Crippen molar-refractivity contribution in [2.45, 2.75) is 19.4 Å². The number of carbonyl (C=O) groups excluding carboxylic acids is 1. The first kappa shape index (κ1) is 14.0. The zero-order valence-corrected chi connectivity index (χ0v) is 12.6. The van der Waals surface area contributed by atoms with Crippen LogP contribution in [-0.4, -0.2) is 25.7 Å². The minimum atomic E-state index is -0.00378. The molecule has 8 heteroatoms. The number of aryl methyl sites for hydroxylation is 1. The number of halogens is 1. The summed E-state index contributed by atoms with van der Waals surface area (Å²) in [6.07, 6.45) is 2.55. The molecule has 0 unspecified atom stereocenters. The molecule has 0 bridgehead atoms. The Morgan fingerprint density at radius 2 is 2.14 bits per heavy atom. The van der Waals surface area contributed by atoms with Gasteiger partial charge in [0.1, 0.15) is 11.3 Å². The highest BCUT2D eigenvalue weighted by Gasteiger charge is 2.08. The Kier molecular flexibility index (Phi) is 4.12. The molecule has 21 heavy (non-hydrogen) atoms. The lowest BCUT2D eigenvalue weighted by molar-refractivity contribution is -0.121. The second kappa shape index (κ2) is 6.19. The normalized spacial score (nSPS) is 10.9. The molecule has 0 fully saturated rings. The van der Waals surface area contributed by atoms with Crippen molar-refractivity contribution in [2.75, 3.05) is 0 Å². The molecule has 0 aliphatic rings. The Morgan fingerprint density at radius 3 is 2.90 bits per heavy atom. The number of rotatable bonds is 5. The molecule has 1 aromatic carbocycles. The molecule has 0 saturated heterocycles. The van der Waals surface area contributed by atoms with Crippen molar-refractivity contribution in [2.24, 2.45) is 0 Å². The molecule has 0 aliphatic carbocycles. The largest absolute Gasteiger partial charge is 0.352 e. The van der Waals surface area contributed by atoms with E-state index in [4.69, 9.17) is 11.6 Å². The summed E-state index contributed by atoms with van der Waals surface area (Å²) in [4.78, 5) is 12.6. The summed E-state index contributed by atoms with van der Waals surface area (Å²) < 4.78 is 1.62. The van der Waals surface area contributed by atoms with Gasteiger partial charge in [-0.1, -0.05) is 35.1 Å². The predicted octanol–water partition coefficient (Wildman–Crippen LogP) is 2.09. The molecule has 0 saturated carbocycles. The van der Waals surface area contributed by atoms with Crippen molar-refractivity contribution in [3.63, 3.8) is 0 Å². The Hall–Kier alpha value is -1.99. The van der Waals surface area contributed by atoms with Crippen molar-refractivity contribution in [1.82, 2.24) is 25.1 Å². The number of amides is 1. The van der Waals surface area contributed by atoms with Crippen LogP contribution < -0.4 is 5.32 Å². The smallest absolute Gasteiger partial charge is 0.234 e. The molecule has 0 aliphatic heterocycles. The molecule has 2 heterocycles. The standard InChI is InChI=1S/C13H12ClN5OS/c14-10-3-1-9(2-4-10)7-15-11(20)5-6-12-18-19-8-16-17-13(19)21-12/h1-4,8H,5-7H2,(H,15,20). The van der Waals surface area contributed by atoms with E-state index in [1.54, 1.807) is 10.8 Å². The van der Waals surface area contributed by atoms with E-state index in [2.05, 4.69) is 20.6 Å². The number of aromatic nitrogens is 4. The zero-order chi connectivity index (χ0) is 14.7. The predicted molar refractivity (Wildman–Crippen MR) is 80.3 cm³/mol. The molecule has 0 spiro atoms. The highest BCUT2D eigenvalue weighted by molar-refractivity contribution is 7.16. The zero-order valence-electron chi connectivity index (χ0n) is 11.0. The maximum atomic E-state index is 11.8. The first-order chi connectivity index (χ1) is 10.2. The number of fused-ring (bicyclic) bond motifs is 1. The summed E-state index contributed by atoms with van der Waals surface area (Å²) in [6.45, 7) is 0.501. The number of nitrogens with zero attached hydrogens (tertiary/aromatic N) is 4. The van der Waals surface area contributed by atoms with E-state index in [0.29, 0.717) is 24.4 Å².